The summed E-state index contributed by atoms with van der Waals surface area (Å²) in [5, 5.41) is 0. The third kappa shape index (κ3) is 4.24. The van der Waals surface area contributed by atoms with Crippen LogP contribution < -0.4 is 19.6 Å². The van der Waals surface area contributed by atoms with E-state index < -0.39 is 6.10 Å². The Balaban J connectivity index is 1.27. The van der Waals surface area contributed by atoms with Crippen LogP contribution >= 0.6 is 0 Å². The molecule has 2 aliphatic heterocycles. The molecular weight excluding hydrogens is 390 g/mol. The lowest BCUT2D eigenvalue weighted by atomic mass is 10.2. The van der Waals surface area contributed by atoms with E-state index in [-0.39, 0.29) is 36.2 Å². The van der Waals surface area contributed by atoms with Crippen LogP contribution in [0.4, 0.5) is 0 Å². The first-order valence-electron chi connectivity index (χ1n) is 9.78. The van der Waals surface area contributed by atoms with Gasteiger partial charge < -0.3 is 29.0 Å². The van der Waals surface area contributed by atoms with E-state index in [9.17, 15) is 14.4 Å². The largest absolute Gasteiger partial charge is 0.485 e. The summed E-state index contributed by atoms with van der Waals surface area (Å²) < 4.78 is 16.8. The number of carbonyl (C=O) groups is 2. The summed E-state index contributed by atoms with van der Waals surface area (Å²) in [7, 11) is 0. The van der Waals surface area contributed by atoms with Gasteiger partial charge in [0.25, 0.3) is 11.8 Å². The first-order chi connectivity index (χ1) is 14.5. The topological polar surface area (TPSA) is 101 Å². The van der Waals surface area contributed by atoms with Crippen LogP contribution in [0.5, 0.6) is 17.2 Å². The first kappa shape index (κ1) is 19.8. The summed E-state index contributed by atoms with van der Waals surface area (Å²) in [6, 6.07) is 8.66. The Hall–Kier alpha value is -3.49. The smallest absolute Gasteiger partial charge is 0.267 e. The number of nitrogens with zero attached hydrogens (tertiary/aromatic N) is 2. The van der Waals surface area contributed by atoms with Gasteiger partial charge in [-0.1, -0.05) is 12.1 Å². The molecule has 0 radical (unpaired) electrons. The molecule has 1 N–H and O–H groups in total. The molecule has 2 aliphatic rings. The molecule has 158 valence electrons. The van der Waals surface area contributed by atoms with Crippen molar-refractivity contribution >= 4 is 11.8 Å². The average molecular weight is 413 g/mol. The molecule has 2 aromatic rings. The highest BCUT2D eigenvalue weighted by molar-refractivity contribution is 5.83. The highest BCUT2D eigenvalue weighted by atomic mass is 16.6. The van der Waals surface area contributed by atoms with Crippen molar-refractivity contribution in [3.05, 3.63) is 52.4 Å². The molecule has 1 aromatic heterocycles. The maximum Gasteiger partial charge on any atom is 0.267 e. The summed E-state index contributed by atoms with van der Waals surface area (Å²) in [6.07, 6.45) is 0.755. The van der Waals surface area contributed by atoms with Gasteiger partial charge in [-0.15, -0.1) is 0 Å². The number of benzene rings is 1. The fourth-order valence-electron chi connectivity index (χ4n) is 3.42. The molecular formula is C21H23N3O6. The van der Waals surface area contributed by atoms with Crippen LogP contribution in [0.1, 0.15) is 5.69 Å². The number of hydrogen-bond acceptors (Lipinski definition) is 6. The molecule has 0 bridgehead atoms. The lowest BCUT2D eigenvalue weighted by Crippen LogP contribution is -2.55. The number of ether oxygens (including phenoxy) is 3. The third-order valence-electron chi connectivity index (χ3n) is 5.10. The van der Waals surface area contributed by atoms with E-state index in [1.807, 2.05) is 12.1 Å². The van der Waals surface area contributed by atoms with E-state index in [1.54, 1.807) is 28.9 Å². The molecule has 1 fully saturated rings. The van der Waals surface area contributed by atoms with Gasteiger partial charge in [0.05, 0.1) is 0 Å². The highest BCUT2D eigenvalue weighted by Crippen LogP contribution is 2.31. The molecule has 1 atom stereocenters. The van der Waals surface area contributed by atoms with E-state index in [4.69, 9.17) is 14.2 Å². The number of nitrogens with one attached hydrogen (secondary N) is 1. The second kappa shape index (κ2) is 8.48. The zero-order valence-electron chi connectivity index (χ0n) is 16.6. The van der Waals surface area contributed by atoms with Gasteiger partial charge in [0.1, 0.15) is 6.61 Å². The second-order valence-corrected chi connectivity index (χ2v) is 7.20. The van der Waals surface area contributed by atoms with Gasteiger partial charge in [-0.05, 0) is 19.1 Å². The number of para-hydroxylation sites is 2. The number of fused-ring (bicyclic) bond motifs is 1. The van der Waals surface area contributed by atoms with Crippen molar-refractivity contribution in [2.45, 2.75) is 13.0 Å². The fraction of sp³-hybridized carbons (Fsp3) is 0.381. The number of hydrogen-bond donors (Lipinski definition) is 1. The van der Waals surface area contributed by atoms with Gasteiger partial charge in [0.15, 0.2) is 23.9 Å². The van der Waals surface area contributed by atoms with Gasteiger partial charge in [-0.25, -0.2) is 0 Å². The summed E-state index contributed by atoms with van der Waals surface area (Å²) in [6.45, 7) is 3.28. The molecule has 1 aromatic carbocycles. The summed E-state index contributed by atoms with van der Waals surface area (Å²) in [5.41, 5.74) is 0.445. The van der Waals surface area contributed by atoms with Gasteiger partial charge in [-0.2, -0.15) is 0 Å². The average Bonchev–Trinajstić information content (AvgIpc) is 2.77. The Bertz CT molecular complexity index is 996. The van der Waals surface area contributed by atoms with E-state index in [0.29, 0.717) is 37.7 Å². The van der Waals surface area contributed by atoms with Gasteiger partial charge >= 0.3 is 0 Å². The number of piperazine rings is 1. The molecule has 4 rings (SSSR count). The molecule has 2 amide bonds. The first-order valence-corrected chi connectivity index (χ1v) is 9.78. The van der Waals surface area contributed by atoms with E-state index in [1.165, 1.54) is 12.3 Å². The molecule has 3 heterocycles. The Kier molecular flexibility index (Phi) is 5.60. The molecule has 1 saturated heterocycles. The van der Waals surface area contributed by atoms with Gasteiger partial charge in [-0.3, -0.25) is 14.4 Å². The fourth-order valence-corrected chi connectivity index (χ4v) is 3.42. The molecule has 30 heavy (non-hydrogen) atoms. The normalized spacial score (nSPS) is 18.1. The van der Waals surface area contributed by atoms with Crippen molar-refractivity contribution in [2.24, 2.45) is 0 Å². The minimum Gasteiger partial charge on any atom is -0.485 e. The third-order valence-corrected chi connectivity index (χ3v) is 5.10. The summed E-state index contributed by atoms with van der Waals surface area (Å²) >= 11 is 0. The minimum atomic E-state index is -0.696. The van der Waals surface area contributed by atoms with Crippen LogP contribution in [-0.4, -0.2) is 72.1 Å². The van der Waals surface area contributed by atoms with Crippen LogP contribution in [0.2, 0.25) is 0 Å². The van der Waals surface area contributed by atoms with Crippen LogP contribution in [0.3, 0.4) is 0 Å². The number of H-pyrrole nitrogens is 1. The predicted octanol–water partition coefficient (Wildman–Crippen LogP) is 0.573. The van der Waals surface area contributed by atoms with Crippen molar-refractivity contribution in [1.82, 2.24) is 14.8 Å². The Morgan fingerprint density at radius 3 is 2.57 bits per heavy atom. The predicted molar refractivity (Wildman–Crippen MR) is 107 cm³/mol. The van der Waals surface area contributed by atoms with Crippen LogP contribution in [-0.2, 0) is 9.59 Å². The Morgan fingerprint density at radius 2 is 1.83 bits per heavy atom. The number of aromatic amines is 1. The maximum absolute atomic E-state index is 12.8. The van der Waals surface area contributed by atoms with E-state index in [0.717, 1.165) is 5.69 Å². The van der Waals surface area contributed by atoms with Gasteiger partial charge in [0.2, 0.25) is 11.5 Å². The van der Waals surface area contributed by atoms with Gasteiger partial charge in [0, 0.05) is 44.1 Å². The quantitative estimate of drug-likeness (QED) is 0.787. The molecule has 9 nitrogen and oxygen atoms in total. The lowest BCUT2D eigenvalue weighted by molar-refractivity contribution is -0.146. The monoisotopic (exact) mass is 413 g/mol. The number of rotatable bonds is 4. The Morgan fingerprint density at radius 1 is 1.13 bits per heavy atom. The molecule has 0 saturated carbocycles. The zero-order valence-corrected chi connectivity index (χ0v) is 16.6. The molecule has 0 spiro atoms. The number of amides is 2. The summed E-state index contributed by atoms with van der Waals surface area (Å²) in [5.74, 6) is 0.910. The van der Waals surface area contributed by atoms with Crippen LogP contribution in [0.25, 0.3) is 0 Å². The van der Waals surface area contributed by atoms with Crippen LogP contribution in [0, 0.1) is 6.92 Å². The number of carbonyl (C=O) groups excluding carboxylic acids is 2. The SMILES string of the molecule is Cc1cc(=O)c(OCC(=O)N2CCN(C(=O)C3COc4ccccc4O3)CC2)c[nH]1. The standard InChI is InChI=1S/C21H23N3O6/c1-14-10-15(25)18(11-22-14)29-13-20(26)23-6-8-24(9-7-23)21(27)19-12-28-16-4-2-3-5-17(16)30-19/h2-5,10-11,19H,6-9,12-13H2,1H3,(H,22,25). The molecule has 9 heteroatoms. The lowest BCUT2D eigenvalue weighted by Gasteiger charge is -2.37. The van der Waals surface area contributed by atoms with Crippen molar-refractivity contribution in [3.63, 3.8) is 0 Å². The number of aryl methyl sites for hydroxylation is 1. The zero-order chi connectivity index (χ0) is 21.1. The van der Waals surface area contributed by atoms with Crippen molar-refractivity contribution < 1.29 is 23.8 Å². The maximum atomic E-state index is 12.8. The van der Waals surface area contributed by atoms with Crippen molar-refractivity contribution in [3.8, 4) is 17.2 Å². The number of aromatic nitrogens is 1. The van der Waals surface area contributed by atoms with E-state index >= 15 is 0 Å². The number of pyridine rings is 1. The van der Waals surface area contributed by atoms with E-state index in [2.05, 4.69) is 4.98 Å². The molecule has 0 aliphatic carbocycles. The van der Waals surface area contributed by atoms with Crippen molar-refractivity contribution in [1.29, 1.82) is 0 Å². The highest BCUT2D eigenvalue weighted by Gasteiger charge is 2.33. The Labute approximate surface area is 173 Å². The van der Waals surface area contributed by atoms with Crippen molar-refractivity contribution in [2.75, 3.05) is 39.4 Å². The summed E-state index contributed by atoms with van der Waals surface area (Å²) in [4.78, 5) is 43.2. The van der Waals surface area contributed by atoms with Crippen LogP contribution in [0.15, 0.2) is 41.3 Å². The minimum absolute atomic E-state index is 0.109. The second-order valence-electron chi connectivity index (χ2n) is 7.20. The molecule has 1 unspecified atom stereocenters.